The molecule has 0 saturated carbocycles. The van der Waals surface area contributed by atoms with Crippen molar-refractivity contribution in [2.75, 3.05) is 0 Å². The van der Waals surface area contributed by atoms with E-state index in [1.54, 1.807) is 36.5 Å². The van der Waals surface area contributed by atoms with Gasteiger partial charge in [-0.15, -0.1) is 0 Å². The van der Waals surface area contributed by atoms with Crippen molar-refractivity contribution in [1.82, 2.24) is 9.78 Å². The molecule has 2 N–H and O–H groups in total. The fourth-order valence-corrected chi connectivity index (χ4v) is 2.45. The number of aliphatic carboxylic acids is 1. The molecule has 0 radical (unpaired) electrons. The van der Waals surface area contributed by atoms with Gasteiger partial charge in [0.1, 0.15) is 5.75 Å². The molecular formula is C19H16N2O4. The van der Waals surface area contributed by atoms with Crippen molar-refractivity contribution in [2.24, 2.45) is 0 Å². The van der Waals surface area contributed by atoms with Crippen LogP contribution < -0.4 is 5.56 Å². The number of aromatic nitrogens is 2. The van der Waals surface area contributed by atoms with E-state index in [1.165, 1.54) is 4.68 Å². The van der Waals surface area contributed by atoms with Crippen molar-refractivity contribution in [2.45, 2.75) is 13.0 Å². The molecule has 0 bridgehead atoms. The number of carbonyl (C=O) groups is 1. The highest BCUT2D eigenvalue weighted by molar-refractivity contribution is 5.84. The second-order valence-corrected chi connectivity index (χ2v) is 5.59. The van der Waals surface area contributed by atoms with Crippen LogP contribution in [0, 0.1) is 0 Å². The van der Waals surface area contributed by atoms with E-state index < -0.39 is 5.97 Å². The zero-order chi connectivity index (χ0) is 17.8. The highest BCUT2D eigenvalue weighted by atomic mass is 16.4. The maximum atomic E-state index is 12.3. The fraction of sp³-hybridized carbons (Fsp3) is 0.105. The minimum atomic E-state index is -0.969. The standard InChI is InChI=1S/C19H16N2O4/c22-16-6-3-13(4-7-16)1-2-14-5-8-17-15(11-14)12-20-21(19(17)25)10-9-18(23)24/h1-8,11-12,22H,9-10H2,(H,23,24)/b2-1+. The highest BCUT2D eigenvalue weighted by Crippen LogP contribution is 2.16. The van der Waals surface area contributed by atoms with E-state index in [-0.39, 0.29) is 24.3 Å². The minimum Gasteiger partial charge on any atom is -0.508 e. The summed E-state index contributed by atoms with van der Waals surface area (Å²) in [7, 11) is 0. The van der Waals surface area contributed by atoms with E-state index in [9.17, 15) is 14.7 Å². The van der Waals surface area contributed by atoms with Crippen molar-refractivity contribution in [1.29, 1.82) is 0 Å². The number of nitrogens with zero attached hydrogens (tertiary/aromatic N) is 2. The van der Waals surface area contributed by atoms with Crippen molar-refractivity contribution in [3.63, 3.8) is 0 Å². The number of aryl methyl sites for hydroxylation is 1. The smallest absolute Gasteiger partial charge is 0.305 e. The van der Waals surface area contributed by atoms with Crippen molar-refractivity contribution < 1.29 is 15.0 Å². The van der Waals surface area contributed by atoms with Gasteiger partial charge in [0.15, 0.2) is 0 Å². The molecule has 6 nitrogen and oxygen atoms in total. The Labute approximate surface area is 143 Å². The molecule has 1 aromatic heterocycles. The summed E-state index contributed by atoms with van der Waals surface area (Å²) in [6.45, 7) is 0.0482. The number of carboxylic acid groups (broad SMARTS) is 1. The van der Waals surface area contributed by atoms with E-state index in [4.69, 9.17) is 5.11 Å². The quantitative estimate of drug-likeness (QED) is 0.699. The van der Waals surface area contributed by atoms with Crippen LogP contribution in [0.25, 0.3) is 22.9 Å². The third-order valence-corrected chi connectivity index (χ3v) is 3.78. The number of hydrogen-bond donors (Lipinski definition) is 2. The van der Waals surface area contributed by atoms with E-state index >= 15 is 0 Å². The number of phenols is 1. The van der Waals surface area contributed by atoms with Crippen molar-refractivity contribution in [3.05, 3.63) is 70.1 Å². The molecule has 0 atom stereocenters. The third kappa shape index (κ3) is 3.92. The average Bonchev–Trinajstić information content (AvgIpc) is 2.60. The lowest BCUT2D eigenvalue weighted by Crippen LogP contribution is -2.23. The molecule has 0 spiro atoms. The van der Waals surface area contributed by atoms with Gasteiger partial charge in [-0.2, -0.15) is 5.10 Å². The Morgan fingerprint density at radius 3 is 2.48 bits per heavy atom. The summed E-state index contributed by atoms with van der Waals surface area (Å²) in [5.41, 5.74) is 1.55. The first-order valence-electron chi connectivity index (χ1n) is 7.72. The Balaban J connectivity index is 1.87. The van der Waals surface area contributed by atoms with Gasteiger partial charge in [-0.25, -0.2) is 4.68 Å². The monoisotopic (exact) mass is 336 g/mol. The molecule has 0 aliphatic carbocycles. The van der Waals surface area contributed by atoms with Gasteiger partial charge in [-0.1, -0.05) is 30.4 Å². The number of rotatable bonds is 5. The lowest BCUT2D eigenvalue weighted by Gasteiger charge is -2.05. The minimum absolute atomic E-state index is 0.0482. The first-order valence-corrected chi connectivity index (χ1v) is 7.72. The van der Waals surface area contributed by atoms with Crippen LogP contribution >= 0.6 is 0 Å². The SMILES string of the molecule is O=C(O)CCn1ncc2cc(/C=C/c3ccc(O)cc3)ccc2c1=O. The topological polar surface area (TPSA) is 92.4 Å². The molecule has 0 fully saturated rings. The van der Waals surface area contributed by atoms with Crippen molar-refractivity contribution >= 4 is 28.9 Å². The van der Waals surface area contributed by atoms with Crippen molar-refractivity contribution in [3.8, 4) is 5.75 Å². The largest absolute Gasteiger partial charge is 0.508 e. The van der Waals surface area contributed by atoms with Crippen LogP contribution in [0.5, 0.6) is 5.75 Å². The third-order valence-electron chi connectivity index (χ3n) is 3.78. The molecule has 0 unspecified atom stereocenters. The lowest BCUT2D eigenvalue weighted by atomic mass is 10.1. The number of fused-ring (bicyclic) bond motifs is 1. The molecule has 3 rings (SSSR count). The van der Waals surface area contributed by atoms with Gasteiger partial charge in [0, 0.05) is 5.39 Å². The summed E-state index contributed by atoms with van der Waals surface area (Å²) in [6, 6.07) is 12.2. The number of benzene rings is 2. The van der Waals surface area contributed by atoms with Crippen LogP contribution in [0.4, 0.5) is 0 Å². The molecule has 25 heavy (non-hydrogen) atoms. The average molecular weight is 336 g/mol. The molecule has 1 heterocycles. The Morgan fingerprint density at radius 1 is 1.08 bits per heavy atom. The number of aromatic hydroxyl groups is 1. The van der Waals surface area contributed by atoms with E-state index in [1.807, 2.05) is 24.3 Å². The second-order valence-electron chi connectivity index (χ2n) is 5.59. The molecule has 3 aromatic rings. The maximum Gasteiger partial charge on any atom is 0.305 e. The van der Waals surface area contributed by atoms with Crippen LogP contribution in [-0.4, -0.2) is 26.0 Å². The van der Waals surface area contributed by atoms with E-state index in [2.05, 4.69) is 5.10 Å². The predicted molar refractivity (Wildman–Crippen MR) is 95.3 cm³/mol. The zero-order valence-corrected chi connectivity index (χ0v) is 13.3. The molecule has 0 aliphatic heterocycles. The van der Waals surface area contributed by atoms with Crippen LogP contribution in [0.15, 0.2) is 53.5 Å². The molecule has 0 amide bonds. The second kappa shape index (κ2) is 7.00. The summed E-state index contributed by atoms with van der Waals surface area (Å²) in [6.07, 6.45) is 5.23. The van der Waals surface area contributed by atoms with E-state index in [0.29, 0.717) is 10.8 Å². The van der Waals surface area contributed by atoms with Gasteiger partial charge in [-0.05, 0) is 35.4 Å². The molecular weight excluding hydrogens is 320 g/mol. The summed E-state index contributed by atoms with van der Waals surface area (Å²) in [4.78, 5) is 23.0. The van der Waals surface area contributed by atoms with Gasteiger partial charge >= 0.3 is 5.97 Å². The van der Waals surface area contributed by atoms with Crippen LogP contribution in [0.3, 0.4) is 0 Å². The zero-order valence-electron chi connectivity index (χ0n) is 13.3. The number of carboxylic acids is 1. The first kappa shape index (κ1) is 16.4. The predicted octanol–water partition coefficient (Wildman–Crippen LogP) is 2.75. The number of phenolic OH excluding ortho intramolecular Hbond substituents is 1. The van der Waals surface area contributed by atoms with Crippen LogP contribution in [0.1, 0.15) is 17.5 Å². The number of hydrogen-bond acceptors (Lipinski definition) is 4. The molecule has 126 valence electrons. The van der Waals surface area contributed by atoms with Gasteiger partial charge < -0.3 is 10.2 Å². The molecule has 6 heteroatoms. The Bertz CT molecular complexity index is 1000. The van der Waals surface area contributed by atoms with Crippen LogP contribution in [-0.2, 0) is 11.3 Å². The van der Waals surface area contributed by atoms with Gasteiger partial charge in [-0.3, -0.25) is 9.59 Å². The molecule has 0 aliphatic rings. The molecule has 2 aromatic carbocycles. The van der Waals surface area contributed by atoms with E-state index in [0.717, 1.165) is 11.1 Å². The summed E-state index contributed by atoms with van der Waals surface area (Å²) >= 11 is 0. The van der Waals surface area contributed by atoms with Gasteiger partial charge in [0.2, 0.25) is 0 Å². The fourth-order valence-electron chi connectivity index (χ4n) is 2.45. The summed E-state index contributed by atoms with van der Waals surface area (Å²) in [5.74, 6) is -0.753. The molecule has 0 saturated heterocycles. The highest BCUT2D eigenvalue weighted by Gasteiger charge is 2.06. The maximum absolute atomic E-state index is 12.3. The van der Waals surface area contributed by atoms with Crippen LogP contribution in [0.2, 0.25) is 0 Å². The Morgan fingerprint density at radius 2 is 1.76 bits per heavy atom. The Hall–Kier alpha value is -3.41. The first-order chi connectivity index (χ1) is 12.0. The normalized spacial score (nSPS) is 11.2. The summed E-state index contributed by atoms with van der Waals surface area (Å²) < 4.78 is 1.17. The van der Waals surface area contributed by atoms with Gasteiger partial charge in [0.25, 0.3) is 5.56 Å². The lowest BCUT2D eigenvalue weighted by molar-refractivity contribution is -0.137. The van der Waals surface area contributed by atoms with Gasteiger partial charge in [0.05, 0.1) is 24.5 Å². The summed E-state index contributed by atoms with van der Waals surface area (Å²) in [5, 5.41) is 23.2. The Kier molecular flexibility index (Phi) is 4.61.